The second-order valence-electron chi connectivity index (χ2n) is 4.02. The van der Waals surface area contributed by atoms with Crippen molar-refractivity contribution in [1.29, 1.82) is 0 Å². The minimum atomic E-state index is 0.0965. The third-order valence-corrected chi connectivity index (χ3v) is 3.95. The summed E-state index contributed by atoms with van der Waals surface area (Å²) in [6.07, 6.45) is 6.19. The molecular weight excluding hydrogens is 252 g/mol. The van der Waals surface area contributed by atoms with E-state index in [9.17, 15) is 4.79 Å². The van der Waals surface area contributed by atoms with Gasteiger partial charge in [0.05, 0.1) is 11.8 Å². The predicted octanol–water partition coefficient (Wildman–Crippen LogP) is 2.95. The van der Waals surface area contributed by atoms with Crippen molar-refractivity contribution in [2.45, 2.75) is 32.2 Å². The van der Waals surface area contributed by atoms with E-state index in [-0.39, 0.29) is 5.56 Å². The normalized spacial score (nSPS) is 11.1. The van der Waals surface area contributed by atoms with E-state index < -0.39 is 0 Å². The molecule has 0 amide bonds. The van der Waals surface area contributed by atoms with E-state index >= 15 is 0 Å². The molecule has 0 fully saturated rings. The van der Waals surface area contributed by atoms with Gasteiger partial charge in [0, 0.05) is 6.54 Å². The molecule has 0 saturated heterocycles. The molecule has 0 aromatic carbocycles. The zero-order valence-corrected chi connectivity index (χ0v) is 11.3. The van der Waals surface area contributed by atoms with Crippen molar-refractivity contribution in [3.05, 3.63) is 28.1 Å². The number of thiophene rings is 1. The fraction of sp³-hybridized carbons (Fsp3) is 0.500. The summed E-state index contributed by atoms with van der Waals surface area (Å²) in [5.74, 6) is 0.947. The highest BCUT2D eigenvalue weighted by atomic mass is 32.1. The van der Waals surface area contributed by atoms with Gasteiger partial charge in [0.25, 0.3) is 5.56 Å². The molecule has 0 bridgehead atoms. The molecule has 0 saturated carbocycles. The van der Waals surface area contributed by atoms with Crippen molar-refractivity contribution < 1.29 is 0 Å². The van der Waals surface area contributed by atoms with Crippen molar-refractivity contribution in [2.24, 2.45) is 0 Å². The van der Waals surface area contributed by atoms with Crippen LogP contribution in [0.3, 0.4) is 0 Å². The van der Waals surface area contributed by atoms with Crippen molar-refractivity contribution >= 4 is 34.2 Å². The van der Waals surface area contributed by atoms with Crippen LogP contribution < -0.4 is 5.56 Å². The van der Waals surface area contributed by atoms with E-state index in [1.165, 1.54) is 17.8 Å². The predicted molar refractivity (Wildman–Crippen MR) is 76.2 cm³/mol. The van der Waals surface area contributed by atoms with Gasteiger partial charge in [-0.1, -0.05) is 12.8 Å². The first-order chi connectivity index (χ1) is 8.33. The fourth-order valence-corrected chi connectivity index (χ4v) is 2.80. The highest BCUT2D eigenvalue weighted by molar-refractivity contribution is 7.80. The first-order valence-electron chi connectivity index (χ1n) is 5.86. The number of fused-ring (bicyclic) bond motifs is 1. The average molecular weight is 268 g/mol. The van der Waals surface area contributed by atoms with Gasteiger partial charge in [0.1, 0.15) is 4.70 Å². The zero-order chi connectivity index (χ0) is 12.1. The molecule has 5 heteroatoms. The number of unbranched alkanes of at least 4 members (excludes halogenated alkanes) is 3. The molecule has 92 valence electrons. The van der Waals surface area contributed by atoms with Gasteiger partial charge < -0.3 is 0 Å². The van der Waals surface area contributed by atoms with Crippen LogP contribution in [0.5, 0.6) is 0 Å². The topological polar surface area (TPSA) is 34.9 Å². The lowest BCUT2D eigenvalue weighted by atomic mass is 10.2. The lowest BCUT2D eigenvalue weighted by Gasteiger charge is -2.04. The summed E-state index contributed by atoms with van der Waals surface area (Å²) < 4.78 is 2.49. The smallest absolute Gasteiger partial charge is 0.271 e. The minimum absolute atomic E-state index is 0.0965. The Kier molecular flexibility index (Phi) is 4.62. The van der Waals surface area contributed by atoms with Crippen LogP contribution in [0, 0.1) is 0 Å². The standard InChI is InChI=1S/C12H16N2OS2/c15-12-11-10(5-8-17-11)13-9-14(12)6-3-1-2-4-7-16/h5,8-9,16H,1-4,6-7H2. The van der Waals surface area contributed by atoms with E-state index in [2.05, 4.69) is 17.6 Å². The van der Waals surface area contributed by atoms with Crippen molar-refractivity contribution in [3.63, 3.8) is 0 Å². The maximum atomic E-state index is 12.0. The van der Waals surface area contributed by atoms with Crippen molar-refractivity contribution in [1.82, 2.24) is 9.55 Å². The summed E-state index contributed by atoms with van der Waals surface area (Å²) in [6, 6.07) is 1.89. The highest BCUT2D eigenvalue weighted by Gasteiger charge is 2.04. The molecule has 0 radical (unpaired) electrons. The van der Waals surface area contributed by atoms with Gasteiger partial charge in [0.2, 0.25) is 0 Å². The summed E-state index contributed by atoms with van der Waals surface area (Å²) in [6.45, 7) is 0.770. The van der Waals surface area contributed by atoms with Crippen LogP contribution in [0.2, 0.25) is 0 Å². The van der Waals surface area contributed by atoms with Gasteiger partial charge in [-0.25, -0.2) is 4.98 Å². The van der Waals surface area contributed by atoms with Crippen molar-refractivity contribution in [3.8, 4) is 0 Å². The number of rotatable bonds is 6. The Bertz CT molecular complexity index is 533. The molecule has 0 aliphatic carbocycles. The molecule has 0 unspecified atom stereocenters. The van der Waals surface area contributed by atoms with Crippen LogP contribution >= 0.6 is 24.0 Å². The second kappa shape index (κ2) is 6.21. The number of hydrogen-bond acceptors (Lipinski definition) is 4. The van der Waals surface area contributed by atoms with Crippen LogP contribution in [0.1, 0.15) is 25.7 Å². The summed E-state index contributed by atoms with van der Waals surface area (Å²) in [5.41, 5.74) is 0.908. The van der Waals surface area contributed by atoms with Crippen molar-refractivity contribution in [2.75, 3.05) is 5.75 Å². The summed E-state index contributed by atoms with van der Waals surface area (Å²) in [4.78, 5) is 16.3. The molecule has 17 heavy (non-hydrogen) atoms. The third kappa shape index (κ3) is 3.10. The number of aromatic nitrogens is 2. The monoisotopic (exact) mass is 268 g/mol. The van der Waals surface area contributed by atoms with Gasteiger partial charge in [-0.05, 0) is 30.0 Å². The van der Waals surface area contributed by atoms with Crippen LogP contribution in [0.25, 0.3) is 10.2 Å². The van der Waals surface area contributed by atoms with Gasteiger partial charge in [-0.2, -0.15) is 12.6 Å². The zero-order valence-electron chi connectivity index (χ0n) is 9.63. The average Bonchev–Trinajstić information content (AvgIpc) is 2.80. The Hall–Kier alpha value is -0.810. The first kappa shape index (κ1) is 12.6. The van der Waals surface area contributed by atoms with Gasteiger partial charge in [0.15, 0.2) is 0 Å². The van der Waals surface area contributed by atoms with E-state index in [0.29, 0.717) is 0 Å². The maximum absolute atomic E-state index is 12.0. The first-order valence-corrected chi connectivity index (χ1v) is 7.37. The second-order valence-corrected chi connectivity index (χ2v) is 5.38. The van der Waals surface area contributed by atoms with Gasteiger partial charge in [-0.3, -0.25) is 9.36 Å². The molecule has 2 aromatic heterocycles. The Labute approximate surface area is 110 Å². The summed E-state index contributed by atoms with van der Waals surface area (Å²) in [7, 11) is 0. The summed E-state index contributed by atoms with van der Waals surface area (Å²) in [5, 5.41) is 1.91. The van der Waals surface area contributed by atoms with E-state index in [1.807, 2.05) is 11.4 Å². The molecule has 0 aliphatic rings. The molecule has 0 spiro atoms. The number of nitrogens with zero attached hydrogens (tertiary/aromatic N) is 2. The lowest BCUT2D eigenvalue weighted by molar-refractivity contribution is 0.569. The SMILES string of the molecule is O=c1c2sccc2ncn1CCCCCCS. The molecule has 0 N–H and O–H groups in total. The quantitative estimate of drug-likeness (QED) is 0.646. The molecule has 2 heterocycles. The largest absolute Gasteiger partial charge is 0.298 e. The third-order valence-electron chi connectivity index (χ3n) is 2.74. The Morgan fingerprint density at radius 3 is 2.94 bits per heavy atom. The molecule has 3 nitrogen and oxygen atoms in total. The molecule has 0 atom stereocenters. The highest BCUT2D eigenvalue weighted by Crippen LogP contribution is 2.13. The minimum Gasteiger partial charge on any atom is -0.298 e. The van der Waals surface area contributed by atoms with E-state index in [1.54, 1.807) is 10.9 Å². The molecule has 2 rings (SSSR count). The number of aryl methyl sites for hydroxylation is 1. The maximum Gasteiger partial charge on any atom is 0.271 e. The number of hydrogen-bond donors (Lipinski definition) is 1. The lowest BCUT2D eigenvalue weighted by Crippen LogP contribution is -2.19. The molecular formula is C12H16N2OS2. The Balaban J connectivity index is 1.99. The van der Waals surface area contributed by atoms with Crippen LogP contribution in [-0.2, 0) is 6.54 Å². The summed E-state index contributed by atoms with van der Waals surface area (Å²) >= 11 is 5.65. The number of thiol groups is 1. The van der Waals surface area contributed by atoms with Crippen LogP contribution in [-0.4, -0.2) is 15.3 Å². The molecule has 0 aliphatic heterocycles. The van der Waals surface area contributed by atoms with Gasteiger partial charge >= 0.3 is 0 Å². The van der Waals surface area contributed by atoms with E-state index in [4.69, 9.17) is 0 Å². The van der Waals surface area contributed by atoms with Crippen LogP contribution in [0.15, 0.2) is 22.6 Å². The molecule has 2 aromatic rings. The van der Waals surface area contributed by atoms with Gasteiger partial charge in [-0.15, -0.1) is 11.3 Å². The Morgan fingerprint density at radius 1 is 1.29 bits per heavy atom. The Morgan fingerprint density at radius 2 is 2.12 bits per heavy atom. The van der Waals surface area contributed by atoms with E-state index in [0.717, 1.165) is 41.8 Å². The van der Waals surface area contributed by atoms with Crippen LogP contribution in [0.4, 0.5) is 0 Å². The fourth-order valence-electron chi connectivity index (χ4n) is 1.79.